The maximum Gasteiger partial charge on any atom is 0.144 e. The minimum absolute atomic E-state index is 0.276. The Morgan fingerprint density at radius 2 is 1.17 bits per heavy atom. The van der Waals surface area contributed by atoms with Gasteiger partial charge in [-0.25, -0.2) is 0 Å². The number of ketones is 1. The number of hydrogen-bond donors (Lipinski definition) is 0. The van der Waals surface area contributed by atoms with Crippen molar-refractivity contribution in [1.29, 1.82) is 0 Å². The zero-order valence-electron chi connectivity index (χ0n) is 15.0. The molecule has 0 spiro atoms. The highest BCUT2D eigenvalue weighted by Gasteiger charge is 2.38. The molecule has 23 heavy (non-hydrogen) atoms. The van der Waals surface area contributed by atoms with Gasteiger partial charge in [0.15, 0.2) is 0 Å². The van der Waals surface area contributed by atoms with E-state index in [1.807, 2.05) is 24.3 Å². The molecular weight excluding hydrogens is 288 g/mol. The van der Waals surface area contributed by atoms with E-state index in [9.17, 15) is 4.79 Å². The normalized spacial score (nSPS) is 22.2. The van der Waals surface area contributed by atoms with Gasteiger partial charge in [0.05, 0.1) is 13.2 Å². The summed E-state index contributed by atoms with van der Waals surface area (Å²) in [6.45, 7) is 9.62. The molecule has 0 atom stereocenters. The van der Waals surface area contributed by atoms with Crippen LogP contribution in [0.5, 0.6) is 11.5 Å². The van der Waals surface area contributed by atoms with Gasteiger partial charge in [-0.05, 0) is 56.4 Å². The van der Waals surface area contributed by atoms with Crippen LogP contribution in [0.2, 0.25) is 0 Å². The van der Waals surface area contributed by atoms with E-state index in [0.29, 0.717) is 19.0 Å². The van der Waals surface area contributed by atoms with Crippen LogP contribution in [0.3, 0.4) is 0 Å². The average Bonchev–Trinajstić information content (AvgIpc) is 2.51. The summed E-state index contributed by atoms with van der Waals surface area (Å²) in [5.74, 6) is 2.09. The van der Waals surface area contributed by atoms with Crippen molar-refractivity contribution >= 4 is 5.78 Å². The monoisotopic (exact) mass is 318 g/mol. The molecule has 0 fully saturated rings. The molecule has 3 heteroatoms. The third-order valence-electron chi connectivity index (χ3n) is 4.73. The second kappa shape index (κ2) is 7.37. The largest absolute Gasteiger partial charge is 0.494 e. The summed E-state index contributed by atoms with van der Waals surface area (Å²) < 4.78 is 11.5. The van der Waals surface area contributed by atoms with E-state index in [4.69, 9.17) is 9.47 Å². The first-order chi connectivity index (χ1) is 10.8. The summed E-state index contributed by atoms with van der Waals surface area (Å²) in [6, 6.07) is 7.80. The van der Waals surface area contributed by atoms with Crippen molar-refractivity contribution in [2.75, 3.05) is 13.2 Å². The van der Waals surface area contributed by atoms with Crippen LogP contribution in [0.1, 0.15) is 59.8 Å². The number of Topliss-reactive ketones (excluding diaryl/α,β-unsaturated/α-hetero) is 1. The van der Waals surface area contributed by atoms with Gasteiger partial charge in [-0.15, -0.1) is 0 Å². The Bertz CT molecular complexity index is 514. The van der Waals surface area contributed by atoms with E-state index in [1.54, 1.807) is 0 Å². The van der Waals surface area contributed by atoms with Crippen molar-refractivity contribution in [3.05, 3.63) is 24.3 Å². The van der Waals surface area contributed by atoms with Gasteiger partial charge in [0, 0.05) is 10.8 Å². The van der Waals surface area contributed by atoms with E-state index in [2.05, 4.69) is 27.7 Å². The summed E-state index contributed by atoms with van der Waals surface area (Å²) in [5, 5.41) is 0. The standard InChI is InChI=1S/C20H30O3/c1-19(2)12-5-6-14-22-16-8-10-17(11-9-16)23-15-7-13-20(3,4)18(19)21/h8-11H,5-7,12-15H2,1-4H3. The van der Waals surface area contributed by atoms with Gasteiger partial charge in [0.2, 0.25) is 0 Å². The summed E-state index contributed by atoms with van der Waals surface area (Å²) in [6.07, 6.45) is 4.63. The third-order valence-corrected chi connectivity index (χ3v) is 4.73. The summed E-state index contributed by atoms with van der Waals surface area (Å²) >= 11 is 0. The fourth-order valence-corrected chi connectivity index (χ4v) is 3.34. The lowest BCUT2D eigenvalue weighted by Crippen LogP contribution is -2.37. The molecular formula is C20H30O3. The van der Waals surface area contributed by atoms with Gasteiger partial charge in [-0.1, -0.05) is 27.7 Å². The fourth-order valence-electron chi connectivity index (χ4n) is 3.34. The predicted molar refractivity (Wildman–Crippen MR) is 93.1 cm³/mol. The number of rotatable bonds is 0. The molecule has 3 rings (SSSR count). The Morgan fingerprint density at radius 3 is 1.70 bits per heavy atom. The molecule has 128 valence electrons. The van der Waals surface area contributed by atoms with Gasteiger partial charge >= 0.3 is 0 Å². The fraction of sp³-hybridized carbons (Fsp3) is 0.650. The molecule has 2 aliphatic rings. The van der Waals surface area contributed by atoms with Crippen LogP contribution in [-0.2, 0) is 4.79 Å². The molecule has 2 heterocycles. The van der Waals surface area contributed by atoms with Crippen LogP contribution in [0.4, 0.5) is 0 Å². The van der Waals surface area contributed by atoms with Gasteiger partial charge in [0.1, 0.15) is 17.3 Å². The van der Waals surface area contributed by atoms with Crippen molar-refractivity contribution < 1.29 is 14.3 Å². The summed E-state index contributed by atoms with van der Waals surface area (Å²) in [4.78, 5) is 12.9. The second-order valence-electron chi connectivity index (χ2n) is 7.83. The Morgan fingerprint density at radius 1 is 0.739 bits per heavy atom. The Labute approximate surface area is 140 Å². The first kappa shape index (κ1) is 17.8. The summed E-state index contributed by atoms with van der Waals surface area (Å²) in [7, 11) is 0. The molecule has 3 nitrogen and oxygen atoms in total. The van der Waals surface area contributed by atoms with Gasteiger partial charge in [0.25, 0.3) is 0 Å². The van der Waals surface area contributed by atoms with Crippen molar-refractivity contribution in [1.82, 2.24) is 0 Å². The molecule has 0 unspecified atom stereocenters. The second-order valence-corrected chi connectivity index (χ2v) is 7.83. The topological polar surface area (TPSA) is 35.5 Å². The van der Waals surface area contributed by atoms with Gasteiger partial charge < -0.3 is 9.47 Å². The molecule has 0 saturated heterocycles. The highest BCUT2D eigenvalue weighted by molar-refractivity contribution is 5.89. The van der Waals surface area contributed by atoms with Crippen molar-refractivity contribution in [3.63, 3.8) is 0 Å². The molecule has 1 aromatic rings. The first-order valence-corrected chi connectivity index (χ1v) is 8.72. The van der Waals surface area contributed by atoms with E-state index in [-0.39, 0.29) is 10.8 Å². The van der Waals surface area contributed by atoms with E-state index in [1.165, 1.54) is 0 Å². The number of carbonyl (C=O) groups excluding carboxylic acids is 1. The highest BCUT2D eigenvalue weighted by atomic mass is 16.5. The number of benzene rings is 1. The molecule has 1 aromatic carbocycles. The molecule has 2 bridgehead atoms. The predicted octanol–water partition coefficient (Wildman–Crippen LogP) is 5.03. The first-order valence-electron chi connectivity index (χ1n) is 8.72. The maximum absolute atomic E-state index is 12.9. The Hall–Kier alpha value is -1.51. The van der Waals surface area contributed by atoms with Crippen LogP contribution in [0.25, 0.3) is 0 Å². The van der Waals surface area contributed by atoms with Crippen LogP contribution in [0.15, 0.2) is 24.3 Å². The van der Waals surface area contributed by atoms with Crippen LogP contribution in [-0.4, -0.2) is 19.0 Å². The Kier molecular flexibility index (Phi) is 5.72. The van der Waals surface area contributed by atoms with Crippen LogP contribution < -0.4 is 9.47 Å². The minimum atomic E-state index is -0.301. The molecule has 0 N–H and O–H groups in total. The zero-order chi connectivity index (χ0) is 16.9. The van der Waals surface area contributed by atoms with E-state index < -0.39 is 0 Å². The van der Waals surface area contributed by atoms with Crippen LogP contribution >= 0.6 is 0 Å². The van der Waals surface area contributed by atoms with E-state index >= 15 is 0 Å². The van der Waals surface area contributed by atoms with Crippen LogP contribution in [0, 0.1) is 10.8 Å². The SMILES string of the molecule is CC1(C)CCCCOc2ccc(cc2)OCCCC(C)(C)C1=O. The van der Waals surface area contributed by atoms with Gasteiger partial charge in [-0.3, -0.25) is 4.79 Å². The number of fused-ring (bicyclic) bond motifs is 13. The smallest absolute Gasteiger partial charge is 0.144 e. The van der Waals surface area contributed by atoms with Crippen molar-refractivity contribution in [2.45, 2.75) is 59.8 Å². The lowest BCUT2D eigenvalue weighted by molar-refractivity contribution is -0.136. The Balaban J connectivity index is 2.08. The zero-order valence-corrected chi connectivity index (χ0v) is 15.0. The molecule has 2 aliphatic heterocycles. The number of ether oxygens (including phenoxy) is 2. The molecule has 0 aromatic heterocycles. The van der Waals surface area contributed by atoms with Crippen molar-refractivity contribution in [2.24, 2.45) is 10.8 Å². The number of carbonyl (C=O) groups is 1. The third kappa shape index (κ3) is 4.98. The van der Waals surface area contributed by atoms with Crippen molar-refractivity contribution in [3.8, 4) is 11.5 Å². The number of hydrogen-bond acceptors (Lipinski definition) is 3. The molecule has 0 radical (unpaired) electrons. The summed E-state index contributed by atoms with van der Waals surface area (Å²) in [5.41, 5.74) is -0.577. The maximum atomic E-state index is 12.9. The minimum Gasteiger partial charge on any atom is -0.494 e. The highest BCUT2D eigenvalue weighted by Crippen LogP contribution is 2.36. The quantitative estimate of drug-likeness (QED) is 0.673. The van der Waals surface area contributed by atoms with E-state index in [0.717, 1.165) is 43.6 Å². The molecule has 0 aliphatic carbocycles. The van der Waals surface area contributed by atoms with Gasteiger partial charge in [-0.2, -0.15) is 0 Å². The lowest BCUT2D eigenvalue weighted by atomic mass is 9.69. The lowest BCUT2D eigenvalue weighted by Gasteiger charge is -2.33. The average molecular weight is 318 g/mol. The molecule has 0 amide bonds. The molecule has 0 saturated carbocycles.